The minimum absolute atomic E-state index is 0.341. The van der Waals surface area contributed by atoms with Crippen molar-refractivity contribution in [3.63, 3.8) is 0 Å². The standard InChI is InChI=1S/C7H9N4O/c1-11-4-10-6-5(12)2-8-3-9-7(6)11/h3-5,12H,2H2,1H3/q-1/t5-/m1/s1. The van der Waals surface area contributed by atoms with E-state index in [4.69, 9.17) is 0 Å². The monoisotopic (exact) mass is 165 g/mol. The predicted octanol–water partition coefficient (Wildman–Crippen LogP) is 0.501. The smallest absolute Gasteiger partial charge is 0.0971 e. The van der Waals surface area contributed by atoms with Gasteiger partial charge in [0.05, 0.1) is 23.9 Å². The molecule has 2 rings (SSSR count). The van der Waals surface area contributed by atoms with Gasteiger partial charge in [-0.25, -0.2) is 4.98 Å². The molecule has 0 spiro atoms. The molecule has 0 aromatic carbocycles. The molecule has 0 radical (unpaired) electrons. The van der Waals surface area contributed by atoms with E-state index in [1.54, 1.807) is 10.9 Å². The third-order valence-electron chi connectivity index (χ3n) is 1.79. The third-order valence-corrected chi connectivity index (χ3v) is 1.79. The Kier molecular flexibility index (Phi) is 1.58. The molecule has 1 aliphatic heterocycles. The van der Waals surface area contributed by atoms with E-state index in [1.165, 1.54) is 6.34 Å². The van der Waals surface area contributed by atoms with Crippen molar-refractivity contribution in [3.05, 3.63) is 17.3 Å². The molecule has 2 heterocycles. The van der Waals surface area contributed by atoms with Crippen LogP contribution < -0.4 is 0 Å². The Morgan fingerprint density at radius 1 is 1.75 bits per heavy atom. The summed E-state index contributed by atoms with van der Waals surface area (Å²) >= 11 is 0. The van der Waals surface area contributed by atoms with Gasteiger partial charge in [0.25, 0.3) is 0 Å². The maximum Gasteiger partial charge on any atom is 0.0971 e. The number of aliphatic hydroxyl groups is 1. The van der Waals surface area contributed by atoms with Gasteiger partial charge in [0.2, 0.25) is 0 Å². The summed E-state index contributed by atoms with van der Waals surface area (Å²) in [6.45, 7) is 0.341. The third kappa shape index (κ3) is 0.984. The van der Waals surface area contributed by atoms with Gasteiger partial charge in [-0.2, -0.15) is 0 Å². The summed E-state index contributed by atoms with van der Waals surface area (Å²) in [6.07, 6.45) is 2.47. The van der Waals surface area contributed by atoms with Crippen molar-refractivity contribution >= 4 is 12.2 Å². The van der Waals surface area contributed by atoms with E-state index in [1.807, 2.05) is 7.05 Å². The molecule has 1 atom stereocenters. The first-order chi connectivity index (χ1) is 5.79. The lowest BCUT2D eigenvalue weighted by molar-refractivity contribution is 0.191. The average Bonchev–Trinajstić information content (AvgIpc) is 2.30. The van der Waals surface area contributed by atoms with Gasteiger partial charge in [-0.1, -0.05) is 6.34 Å². The minimum Gasteiger partial charge on any atom is -0.469 e. The highest BCUT2D eigenvalue weighted by Crippen LogP contribution is 2.26. The van der Waals surface area contributed by atoms with Gasteiger partial charge in [-0.05, 0) is 6.54 Å². The Morgan fingerprint density at radius 2 is 2.58 bits per heavy atom. The maximum atomic E-state index is 9.51. The van der Waals surface area contributed by atoms with Gasteiger partial charge in [-0.3, -0.25) is 0 Å². The topological polar surface area (TPSA) is 64.5 Å². The fraction of sp³-hybridized carbons (Fsp3) is 0.429. The zero-order valence-electron chi connectivity index (χ0n) is 6.68. The van der Waals surface area contributed by atoms with E-state index in [0.29, 0.717) is 18.1 Å². The van der Waals surface area contributed by atoms with Crippen LogP contribution in [0.2, 0.25) is 0 Å². The van der Waals surface area contributed by atoms with Crippen molar-refractivity contribution < 1.29 is 5.11 Å². The van der Waals surface area contributed by atoms with E-state index in [2.05, 4.69) is 15.3 Å². The van der Waals surface area contributed by atoms with Crippen LogP contribution in [-0.4, -0.2) is 27.5 Å². The summed E-state index contributed by atoms with van der Waals surface area (Å²) in [5, 5.41) is 13.4. The highest BCUT2D eigenvalue weighted by atomic mass is 16.3. The van der Waals surface area contributed by atoms with Crippen molar-refractivity contribution in [2.75, 3.05) is 6.54 Å². The molecular formula is C7H9N4O-. The Labute approximate surface area is 69.8 Å². The molecular weight excluding hydrogens is 156 g/mol. The maximum absolute atomic E-state index is 9.51. The van der Waals surface area contributed by atoms with Crippen LogP contribution in [0.5, 0.6) is 0 Å². The molecule has 0 saturated heterocycles. The second kappa shape index (κ2) is 2.60. The van der Waals surface area contributed by atoms with Gasteiger partial charge < -0.3 is 20.0 Å². The molecule has 1 aromatic rings. The number of imidazole rings is 1. The van der Waals surface area contributed by atoms with Crippen molar-refractivity contribution in [3.8, 4) is 0 Å². The molecule has 1 N–H and O–H groups in total. The quantitative estimate of drug-likeness (QED) is 0.608. The molecule has 0 amide bonds. The predicted molar refractivity (Wildman–Crippen MR) is 44.5 cm³/mol. The largest absolute Gasteiger partial charge is 0.469 e. The second-order valence-corrected chi connectivity index (χ2v) is 2.69. The number of aliphatic hydroxyl groups excluding tert-OH is 1. The van der Waals surface area contributed by atoms with Crippen LogP contribution in [0, 0.1) is 0 Å². The number of nitrogens with zero attached hydrogens (tertiary/aromatic N) is 4. The van der Waals surface area contributed by atoms with E-state index in [9.17, 15) is 5.11 Å². The number of aryl methyl sites for hydroxylation is 1. The molecule has 0 unspecified atom stereocenters. The SMILES string of the molecule is Cn1cnc2c1N=C[N-]C[C@H]2O. The van der Waals surface area contributed by atoms with Crippen molar-refractivity contribution in [1.82, 2.24) is 9.55 Å². The first-order valence-corrected chi connectivity index (χ1v) is 3.67. The van der Waals surface area contributed by atoms with Gasteiger partial charge >= 0.3 is 0 Å². The first kappa shape index (κ1) is 7.30. The summed E-state index contributed by atoms with van der Waals surface area (Å²) in [4.78, 5) is 8.08. The molecule has 64 valence electrons. The Bertz CT molecular complexity index is 317. The van der Waals surface area contributed by atoms with Gasteiger partial charge in [-0.15, -0.1) is 0 Å². The van der Waals surface area contributed by atoms with Gasteiger partial charge in [0.15, 0.2) is 0 Å². The first-order valence-electron chi connectivity index (χ1n) is 3.67. The lowest BCUT2D eigenvalue weighted by Gasteiger charge is -2.08. The zero-order valence-corrected chi connectivity index (χ0v) is 6.68. The van der Waals surface area contributed by atoms with Crippen LogP contribution in [0.1, 0.15) is 11.8 Å². The molecule has 0 bridgehead atoms. The number of aliphatic imine (C=N–C) groups is 1. The molecule has 0 aliphatic carbocycles. The minimum atomic E-state index is -0.622. The van der Waals surface area contributed by atoms with E-state index in [-0.39, 0.29) is 0 Å². The molecule has 0 fully saturated rings. The lowest BCUT2D eigenvalue weighted by Crippen LogP contribution is -2.01. The molecule has 12 heavy (non-hydrogen) atoms. The molecule has 5 heteroatoms. The normalized spacial score (nSPS) is 21.3. The van der Waals surface area contributed by atoms with Crippen molar-refractivity contribution in [2.24, 2.45) is 12.0 Å². The molecule has 5 nitrogen and oxygen atoms in total. The Balaban J connectivity index is 2.51. The van der Waals surface area contributed by atoms with E-state index in [0.717, 1.165) is 0 Å². The van der Waals surface area contributed by atoms with Crippen LogP contribution in [0.4, 0.5) is 5.82 Å². The number of aromatic nitrogens is 2. The fourth-order valence-electron chi connectivity index (χ4n) is 1.16. The summed E-state index contributed by atoms with van der Waals surface area (Å²) in [6, 6.07) is 0. The summed E-state index contributed by atoms with van der Waals surface area (Å²) < 4.78 is 1.76. The number of rotatable bonds is 0. The molecule has 0 saturated carbocycles. The van der Waals surface area contributed by atoms with E-state index >= 15 is 0 Å². The highest BCUT2D eigenvalue weighted by molar-refractivity contribution is 5.75. The van der Waals surface area contributed by atoms with Crippen LogP contribution in [-0.2, 0) is 7.05 Å². The van der Waals surface area contributed by atoms with Gasteiger partial charge in [0, 0.05) is 7.05 Å². The second-order valence-electron chi connectivity index (χ2n) is 2.69. The molecule has 1 aliphatic rings. The Hall–Kier alpha value is -1.36. The Morgan fingerprint density at radius 3 is 3.42 bits per heavy atom. The van der Waals surface area contributed by atoms with Crippen molar-refractivity contribution in [2.45, 2.75) is 6.10 Å². The van der Waals surface area contributed by atoms with Crippen LogP contribution in [0.25, 0.3) is 5.32 Å². The molecule has 1 aromatic heterocycles. The number of hydrogen-bond donors (Lipinski definition) is 1. The number of fused-ring (bicyclic) bond motifs is 1. The van der Waals surface area contributed by atoms with Crippen molar-refractivity contribution in [1.29, 1.82) is 0 Å². The average molecular weight is 165 g/mol. The van der Waals surface area contributed by atoms with E-state index < -0.39 is 6.10 Å². The summed E-state index contributed by atoms with van der Waals surface area (Å²) in [5.41, 5.74) is 0.606. The summed E-state index contributed by atoms with van der Waals surface area (Å²) in [5.74, 6) is 0.684. The fourth-order valence-corrected chi connectivity index (χ4v) is 1.16. The lowest BCUT2D eigenvalue weighted by atomic mass is 10.2. The zero-order chi connectivity index (χ0) is 8.55. The highest BCUT2D eigenvalue weighted by Gasteiger charge is 2.12. The van der Waals surface area contributed by atoms with Crippen LogP contribution in [0.3, 0.4) is 0 Å². The van der Waals surface area contributed by atoms with Crippen LogP contribution in [0.15, 0.2) is 11.3 Å². The van der Waals surface area contributed by atoms with Gasteiger partial charge in [0.1, 0.15) is 0 Å². The summed E-state index contributed by atoms with van der Waals surface area (Å²) in [7, 11) is 1.83. The van der Waals surface area contributed by atoms with Crippen LogP contribution >= 0.6 is 0 Å². The number of hydrogen-bond acceptors (Lipinski definition) is 3.